The third-order valence-corrected chi connectivity index (χ3v) is 2.96. The lowest BCUT2D eigenvalue weighted by Gasteiger charge is -2.21. The number of aromatic nitrogens is 1. The summed E-state index contributed by atoms with van der Waals surface area (Å²) in [5, 5.41) is 3.15. The van der Waals surface area contributed by atoms with Gasteiger partial charge in [-0.1, -0.05) is 0 Å². The average molecular weight is 314 g/mol. The van der Waals surface area contributed by atoms with Crippen LogP contribution in [0.2, 0.25) is 0 Å². The lowest BCUT2D eigenvalue weighted by molar-refractivity contribution is -0.145. The van der Waals surface area contributed by atoms with Crippen LogP contribution in [0, 0.1) is 0 Å². The molecule has 1 aliphatic rings. The number of nitrogens with one attached hydrogen (secondary N) is 1. The number of hydrogen-bond acceptors (Lipinski definition) is 5. The zero-order valence-corrected chi connectivity index (χ0v) is 11.5. The molecule has 1 N–H and O–H groups in total. The van der Waals surface area contributed by atoms with Gasteiger partial charge >= 0.3 is 5.97 Å². The van der Waals surface area contributed by atoms with E-state index in [0.29, 0.717) is 10.3 Å². The Hall–Kier alpha value is -1.63. The van der Waals surface area contributed by atoms with Crippen molar-refractivity contribution in [2.24, 2.45) is 0 Å². The molecule has 96 valence electrons. The first-order valence-corrected chi connectivity index (χ1v) is 6.16. The molecule has 1 aromatic heterocycles. The van der Waals surface area contributed by atoms with Crippen LogP contribution in [0.5, 0.6) is 0 Å². The van der Waals surface area contributed by atoms with Gasteiger partial charge in [0.05, 0.1) is 17.6 Å². The van der Waals surface area contributed by atoms with Crippen LogP contribution in [0.15, 0.2) is 16.9 Å². The fourth-order valence-electron chi connectivity index (χ4n) is 1.81. The van der Waals surface area contributed by atoms with Crippen LogP contribution in [0.1, 0.15) is 13.8 Å². The number of rotatable bonds is 2. The summed E-state index contributed by atoms with van der Waals surface area (Å²) in [6.07, 6.45) is 1.40. The van der Waals surface area contributed by atoms with E-state index in [1.165, 1.54) is 11.8 Å². The minimum absolute atomic E-state index is 0.195. The molecule has 18 heavy (non-hydrogen) atoms. The molecule has 6 nitrogen and oxygen atoms in total. The zero-order valence-electron chi connectivity index (χ0n) is 9.94. The van der Waals surface area contributed by atoms with Crippen LogP contribution < -0.4 is 10.2 Å². The lowest BCUT2D eigenvalue weighted by atomic mass is 10.3. The van der Waals surface area contributed by atoms with Crippen molar-refractivity contribution in [2.75, 3.05) is 16.8 Å². The molecule has 1 atom stereocenters. The summed E-state index contributed by atoms with van der Waals surface area (Å²) in [6, 6.07) is 1.80. The summed E-state index contributed by atoms with van der Waals surface area (Å²) in [4.78, 5) is 28.3. The SMILES string of the molecule is CC(=O)OCC(=O)N1c2cnc(Br)cc2NC1C. The Morgan fingerprint density at radius 2 is 2.33 bits per heavy atom. The van der Waals surface area contributed by atoms with Gasteiger partial charge in [-0.05, 0) is 28.9 Å². The van der Waals surface area contributed by atoms with Gasteiger partial charge in [0.1, 0.15) is 10.8 Å². The van der Waals surface area contributed by atoms with E-state index in [2.05, 4.69) is 26.2 Å². The standard InChI is InChI=1S/C11H12BrN3O3/c1-6-14-8-3-10(12)13-4-9(8)15(6)11(17)5-18-7(2)16/h3-4,6,14H,5H2,1-2H3. The largest absolute Gasteiger partial charge is 0.456 e. The second kappa shape index (κ2) is 4.93. The smallest absolute Gasteiger partial charge is 0.303 e. The lowest BCUT2D eigenvalue weighted by Crippen LogP contribution is -2.40. The van der Waals surface area contributed by atoms with Crippen LogP contribution in [0.3, 0.4) is 0 Å². The minimum atomic E-state index is -0.475. The highest BCUT2D eigenvalue weighted by atomic mass is 79.9. The first kappa shape index (κ1) is 12.8. The van der Waals surface area contributed by atoms with E-state index in [9.17, 15) is 9.59 Å². The van der Waals surface area contributed by atoms with E-state index < -0.39 is 5.97 Å². The highest BCUT2D eigenvalue weighted by Gasteiger charge is 2.31. The van der Waals surface area contributed by atoms with Gasteiger partial charge in [-0.15, -0.1) is 0 Å². The Kier molecular flexibility index (Phi) is 3.51. The molecule has 2 heterocycles. The van der Waals surface area contributed by atoms with Crippen LogP contribution in [-0.2, 0) is 14.3 Å². The molecule has 0 radical (unpaired) electrons. The highest BCUT2D eigenvalue weighted by Crippen LogP contribution is 2.35. The summed E-state index contributed by atoms with van der Waals surface area (Å²) in [5.41, 5.74) is 1.50. The Morgan fingerprint density at radius 3 is 3.00 bits per heavy atom. The number of pyridine rings is 1. The average Bonchev–Trinajstić information content (AvgIpc) is 2.61. The van der Waals surface area contributed by atoms with Gasteiger partial charge in [-0.25, -0.2) is 4.98 Å². The Morgan fingerprint density at radius 1 is 1.61 bits per heavy atom. The molecule has 0 bridgehead atoms. The molecule has 0 aromatic carbocycles. The summed E-state index contributed by atoms with van der Waals surface area (Å²) < 4.78 is 5.41. The van der Waals surface area contributed by atoms with E-state index in [1.807, 2.05) is 6.92 Å². The van der Waals surface area contributed by atoms with Crippen molar-refractivity contribution in [3.8, 4) is 0 Å². The minimum Gasteiger partial charge on any atom is -0.456 e. The zero-order chi connectivity index (χ0) is 13.3. The van der Waals surface area contributed by atoms with Gasteiger partial charge in [-0.3, -0.25) is 14.5 Å². The molecular weight excluding hydrogens is 302 g/mol. The Balaban J connectivity index is 2.19. The van der Waals surface area contributed by atoms with Gasteiger partial charge in [-0.2, -0.15) is 0 Å². The van der Waals surface area contributed by atoms with Gasteiger partial charge in [0.15, 0.2) is 6.61 Å². The molecule has 7 heteroatoms. The number of carbonyl (C=O) groups excluding carboxylic acids is 2. The molecule has 1 aromatic rings. The van der Waals surface area contributed by atoms with E-state index in [1.54, 1.807) is 12.3 Å². The summed E-state index contributed by atoms with van der Waals surface area (Å²) in [7, 11) is 0. The van der Waals surface area contributed by atoms with Gasteiger partial charge in [0.25, 0.3) is 5.91 Å². The first-order chi connectivity index (χ1) is 8.49. The molecule has 1 amide bonds. The van der Waals surface area contributed by atoms with Crippen molar-refractivity contribution >= 4 is 39.2 Å². The Bertz CT molecular complexity index is 506. The highest BCUT2D eigenvalue weighted by molar-refractivity contribution is 9.10. The molecule has 0 fully saturated rings. The van der Waals surface area contributed by atoms with Crippen LogP contribution in [-0.4, -0.2) is 29.6 Å². The van der Waals surface area contributed by atoms with Crippen molar-refractivity contribution in [1.29, 1.82) is 0 Å². The normalized spacial score (nSPS) is 17.1. The number of nitrogens with zero attached hydrogens (tertiary/aromatic N) is 2. The molecule has 1 unspecified atom stereocenters. The number of hydrogen-bond donors (Lipinski definition) is 1. The van der Waals surface area contributed by atoms with Crippen LogP contribution in [0.4, 0.5) is 11.4 Å². The van der Waals surface area contributed by atoms with Crippen molar-refractivity contribution in [3.63, 3.8) is 0 Å². The maximum atomic E-state index is 12.0. The molecule has 0 saturated heterocycles. The molecule has 1 aliphatic heterocycles. The van der Waals surface area contributed by atoms with Gasteiger partial charge in [0.2, 0.25) is 0 Å². The third-order valence-electron chi connectivity index (χ3n) is 2.53. The van der Waals surface area contributed by atoms with E-state index in [0.717, 1.165) is 5.69 Å². The summed E-state index contributed by atoms with van der Waals surface area (Å²) in [6.45, 7) is 2.85. The predicted molar refractivity (Wildman–Crippen MR) is 69.1 cm³/mol. The number of anilines is 2. The van der Waals surface area contributed by atoms with Crippen molar-refractivity contribution in [2.45, 2.75) is 20.0 Å². The second-order valence-corrected chi connectivity index (χ2v) is 4.70. The number of fused-ring (bicyclic) bond motifs is 1. The molecule has 0 aliphatic carbocycles. The third kappa shape index (κ3) is 2.45. The Labute approximate surface area is 112 Å². The van der Waals surface area contributed by atoms with E-state index in [-0.39, 0.29) is 18.7 Å². The topological polar surface area (TPSA) is 71.5 Å². The molecular formula is C11H12BrN3O3. The van der Waals surface area contributed by atoms with Crippen LogP contribution >= 0.6 is 15.9 Å². The second-order valence-electron chi connectivity index (χ2n) is 3.89. The number of ether oxygens (including phenoxy) is 1. The molecule has 0 saturated carbocycles. The quantitative estimate of drug-likeness (QED) is 0.662. The van der Waals surface area contributed by atoms with E-state index in [4.69, 9.17) is 4.74 Å². The number of halogens is 1. The maximum Gasteiger partial charge on any atom is 0.303 e. The van der Waals surface area contributed by atoms with Gasteiger partial charge in [0, 0.05) is 6.92 Å². The van der Waals surface area contributed by atoms with Gasteiger partial charge < -0.3 is 10.1 Å². The number of esters is 1. The van der Waals surface area contributed by atoms with Crippen molar-refractivity contribution in [1.82, 2.24) is 4.98 Å². The fraction of sp³-hybridized carbons (Fsp3) is 0.364. The monoisotopic (exact) mass is 313 g/mol. The van der Waals surface area contributed by atoms with E-state index >= 15 is 0 Å². The molecule has 2 rings (SSSR count). The maximum absolute atomic E-state index is 12.0. The van der Waals surface area contributed by atoms with Crippen LogP contribution in [0.25, 0.3) is 0 Å². The number of carbonyl (C=O) groups is 2. The number of amides is 1. The van der Waals surface area contributed by atoms with Crippen molar-refractivity contribution in [3.05, 3.63) is 16.9 Å². The summed E-state index contributed by atoms with van der Waals surface area (Å²) in [5.74, 6) is -0.759. The predicted octanol–water partition coefficient (Wildman–Crippen LogP) is 1.51. The molecule has 0 spiro atoms. The fourth-order valence-corrected chi connectivity index (χ4v) is 2.14. The summed E-state index contributed by atoms with van der Waals surface area (Å²) >= 11 is 3.27. The van der Waals surface area contributed by atoms with Crippen molar-refractivity contribution < 1.29 is 14.3 Å². The first-order valence-electron chi connectivity index (χ1n) is 5.36.